The number of hydrogen-bond acceptors (Lipinski definition) is 7. The number of aryl methyl sites for hydroxylation is 1. The Bertz CT molecular complexity index is 1210. The van der Waals surface area contributed by atoms with Gasteiger partial charge in [0.05, 0.1) is 46.7 Å². The van der Waals surface area contributed by atoms with Crippen molar-refractivity contribution >= 4 is 22.7 Å². The topological polar surface area (TPSA) is 80.3 Å². The molecule has 7 nitrogen and oxygen atoms in total. The molecular formula is C25H26O7. The van der Waals surface area contributed by atoms with Crippen molar-refractivity contribution in [3.8, 4) is 28.4 Å². The zero-order valence-electron chi connectivity index (χ0n) is 19.2. The van der Waals surface area contributed by atoms with E-state index in [0.29, 0.717) is 28.4 Å². The van der Waals surface area contributed by atoms with Gasteiger partial charge in [-0.05, 0) is 65.6 Å². The van der Waals surface area contributed by atoms with Gasteiger partial charge in [-0.2, -0.15) is 0 Å². The van der Waals surface area contributed by atoms with Gasteiger partial charge >= 0.3 is 11.9 Å². The molecule has 0 aliphatic rings. The molecule has 0 bridgehead atoms. The highest BCUT2D eigenvalue weighted by Gasteiger charge is 2.28. The monoisotopic (exact) mass is 438 g/mol. The van der Waals surface area contributed by atoms with Crippen molar-refractivity contribution in [3.05, 3.63) is 52.6 Å². The fourth-order valence-electron chi connectivity index (χ4n) is 3.92. The zero-order chi connectivity index (χ0) is 23.6. The van der Waals surface area contributed by atoms with Crippen LogP contribution in [-0.2, 0) is 9.47 Å². The van der Waals surface area contributed by atoms with Crippen LogP contribution in [0.4, 0.5) is 0 Å². The van der Waals surface area contributed by atoms with Crippen LogP contribution in [0.3, 0.4) is 0 Å². The van der Waals surface area contributed by atoms with Crippen LogP contribution in [-0.4, -0.2) is 47.5 Å². The van der Waals surface area contributed by atoms with E-state index in [1.54, 1.807) is 32.4 Å². The van der Waals surface area contributed by atoms with Crippen LogP contribution in [0.15, 0.2) is 30.3 Å². The third kappa shape index (κ3) is 3.70. The Morgan fingerprint density at radius 1 is 0.688 bits per heavy atom. The molecule has 3 aromatic rings. The van der Waals surface area contributed by atoms with Gasteiger partial charge in [-0.1, -0.05) is 6.07 Å². The first-order chi connectivity index (χ1) is 15.3. The summed E-state index contributed by atoms with van der Waals surface area (Å²) >= 11 is 0. The third-order valence-corrected chi connectivity index (χ3v) is 5.64. The standard InChI is InChI=1S/C25H26O7/c1-13-14(2)21-16(12-19(13)29-4)10-17(24(26)31-6)23(25(27)32-7)22(21)15-8-9-18(28-3)20(11-15)30-5/h8-12H,1-7H3. The Morgan fingerprint density at radius 2 is 1.31 bits per heavy atom. The zero-order valence-corrected chi connectivity index (χ0v) is 19.2. The molecule has 0 aliphatic heterocycles. The summed E-state index contributed by atoms with van der Waals surface area (Å²) in [5, 5.41) is 1.52. The van der Waals surface area contributed by atoms with Gasteiger partial charge in [-0.25, -0.2) is 9.59 Å². The number of hydrogen-bond donors (Lipinski definition) is 0. The first-order valence-corrected chi connectivity index (χ1v) is 9.86. The summed E-state index contributed by atoms with van der Waals surface area (Å²) in [4.78, 5) is 25.7. The predicted molar refractivity (Wildman–Crippen MR) is 121 cm³/mol. The highest BCUT2D eigenvalue weighted by atomic mass is 16.5. The first-order valence-electron chi connectivity index (χ1n) is 9.86. The van der Waals surface area contributed by atoms with Gasteiger partial charge in [0.2, 0.25) is 0 Å². The van der Waals surface area contributed by atoms with E-state index < -0.39 is 11.9 Å². The summed E-state index contributed by atoms with van der Waals surface area (Å²) < 4.78 is 26.4. The molecule has 3 rings (SSSR count). The molecule has 0 saturated carbocycles. The molecule has 168 valence electrons. The predicted octanol–water partition coefficient (Wildman–Crippen LogP) is 4.72. The van der Waals surface area contributed by atoms with Crippen LogP contribution in [0.2, 0.25) is 0 Å². The van der Waals surface area contributed by atoms with Crippen molar-refractivity contribution < 1.29 is 33.3 Å². The number of methoxy groups -OCH3 is 5. The Balaban J connectivity index is 2.59. The fourth-order valence-corrected chi connectivity index (χ4v) is 3.92. The quantitative estimate of drug-likeness (QED) is 0.515. The van der Waals surface area contributed by atoms with Crippen LogP contribution in [0, 0.1) is 13.8 Å². The number of carbonyl (C=O) groups excluding carboxylic acids is 2. The summed E-state index contributed by atoms with van der Waals surface area (Å²) in [6.07, 6.45) is 0. The Labute approximate surface area is 186 Å². The Morgan fingerprint density at radius 3 is 1.88 bits per heavy atom. The molecule has 0 N–H and O–H groups in total. The minimum Gasteiger partial charge on any atom is -0.496 e. The van der Waals surface area contributed by atoms with Crippen molar-refractivity contribution in [2.24, 2.45) is 0 Å². The SMILES string of the molecule is COC(=O)c1cc2cc(OC)c(C)c(C)c2c(-c2ccc(OC)c(OC)c2)c1C(=O)OC. The lowest BCUT2D eigenvalue weighted by Gasteiger charge is -2.20. The van der Waals surface area contributed by atoms with Gasteiger partial charge in [0.25, 0.3) is 0 Å². The minimum absolute atomic E-state index is 0.0990. The lowest BCUT2D eigenvalue weighted by molar-refractivity contribution is 0.0556. The van der Waals surface area contributed by atoms with Gasteiger partial charge in [0, 0.05) is 5.56 Å². The maximum Gasteiger partial charge on any atom is 0.339 e. The van der Waals surface area contributed by atoms with E-state index in [4.69, 9.17) is 23.7 Å². The molecule has 32 heavy (non-hydrogen) atoms. The smallest absolute Gasteiger partial charge is 0.339 e. The second kappa shape index (κ2) is 9.18. The van der Waals surface area contributed by atoms with Crippen molar-refractivity contribution in [2.45, 2.75) is 13.8 Å². The second-order valence-electron chi connectivity index (χ2n) is 7.15. The Hall–Kier alpha value is -3.74. The Kier molecular flexibility index (Phi) is 6.58. The van der Waals surface area contributed by atoms with E-state index in [-0.39, 0.29) is 11.1 Å². The van der Waals surface area contributed by atoms with Gasteiger partial charge < -0.3 is 23.7 Å². The van der Waals surface area contributed by atoms with Crippen LogP contribution in [0.25, 0.3) is 21.9 Å². The summed E-state index contributed by atoms with van der Waals surface area (Å²) in [5.41, 5.74) is 3.24. The molecule has 0 saturated heterocycles. The average molecular weight is 438 g/mol. The van der Waals surface area contributed by atoms with Crippen LogP contribution in [0.1, 0.15) is 31.8 Å². The lowest BCUT2D eigenvalue weighted by atomic mass is 9.86. The molecule has 0 atom stereocenters. The molecule has 7 heteroatoms. The van der Waals surface area contributed by atoms with Crippen LogP contribution >= 0.6 is 0 Å². The number of esters is 2. The molecule has 0 unspecified atom stereocenters. The van der Waals surface area contributed by atoms with E-state index in [1.807, 2.05) is 26.0 Å². The minimum atomic E-state index is -0.648. The number of fused-ring (bicyclic) bond motifs is 1. The third-order valence-electron chi connectivity index (χ3n) is 5.64. The fraction of sp³-hybridized carbons (Fsp3) is 0.280. The van der Waals surface area contributed by atoms with E-state index >= 15 is 0 Å². The van der Waals surface area contributed by atoms with Crippen LogP contribution in [0.5, 0.6) is 17.2 Å². The molecule has 0 amide bonds. The molecule has 3 aromatic carbocycles. The van der Waals surface area contributed by atoms with E-state index in [0.717, 1.165) is 21.9 Å². The maximum absolute atomic E-state index is 13.0. The van der Waals surface area contributed by atoms with Crippen molar-refractivity contribution in [2.75, 3.05) is 35.5 Å². The number of ether oxygens (including phenoxy) is 5. The van der Waals surface area contributed by atoms with E-state index in [1.165, 1.54) is 21.3 Å². The largest absolute Gasteiger partial charge is 0.496 e. The van der Waals surface area contributed by atoms with E-state index in [2.05, 4.69) is 0 Å². The first kappa shape index (κ1) is 22.9. The van der Waals surface area contributed by atoms with Gasteiger partial charge in [0.15, 0.2) is 11.5 Å². The average Bonchev–Trinajstić information content (AvgIpc) is 2.83. The number of carbonyl (C=O) groups is 2. The molecule has 0 spiro atoms. The number of rotatable bonds is 6. The number of benzene rings is 3. The highest BCUT2D eigenvalue weighted by molar-refractivity contribution is 6.16. The normalized spacial score (nSPS) is 10.6. The molecule has 0 radical (unpaired) electrons. The van der Waals surface area contributed by atoms with Crippen molar-refractivity contribution in [3.63, 3.8) is 0 Å². The lowest BCUT2D eigenvalue weighted by Crippen LogP contribution is -2.14. The van der Waals surface area contributed by atoms with Gasteiger partial charge in [0.1, 0.15) is 5.75 Å². The maximum atomic E-state index is 13.0. The molecule has 0 aliphatic carbocycles. The second-order valence-corrected chi connectivity index (χ2v) is 7.15. The van der Waals surface area contributed by atoms with Gasteiger partial charge in [-0.3, -0.25) is 0 Å². The van der Waals surface area contributed by atoms with Gasteiger partial charge in [-0.15, -0.1) is 0 Å². The van der Waals surface area contributed by atoms with Crippen LogP contribution < -0.4 is 14.2 Å². The van der Waals surface area contributed by atoms with E-state index in [9.17, 15) is 9.59 Å². The van der Waals surface area contributed by atoms with Crippen molar-refractivity contribution in [1.29, 1.82) is 0 Å². The summed E-state index contributed by atoms with van der Waals surface area (Å²) in [5.74, 6) is 0.408. The van der Waals surface area contributed by atoms with Crippen molar-refractivity contribution in [1.82, 2.24) is 0 Å². The molecule has 0 heterocycles. The summed E-state index contributed by atoms with van der Waals surface area (Å²) in [6, 6.07) is 8.79. The summed E-state index contributed by atoms with van der Waals surface area (Å²) in [7, 11) is 7.21. The molecule has 0 aromatic heterocycles. The highest BCUT2D eigenvalue weighted by Crippen LogP contribution is 2.43. The molecule has 0 fully saturated rings. The summed E-state index contributed by atoms with van der Waals surface area (Å²) in [6.45, 7) is 3.89. The molecular weight excluding hydrogens is 412 g/mol.